The monoisotopic (exact) mass is 481 g/mol. The summed E-state index contributed by atoms with van der Waals surface area (Å²) in [5, 5.41) is 2.90. The van der Waals surface area contributed by atoms with Gasteiger partial charge in [-0.15, -0.1) is 0 Å². The maximum absolute atomic E-state index is 15.2. The van der Waals surface area contributed by atoms with Crippen LogP contribution < -0.4 is 0 Å². The molecule has 1 aromatic heterocycles. The third-order valence-corrected chi connectivity index (χ3v) is 8.20. The molecule has 0 amide bonds. The van der Waals surface area contributed by atoms with Gasteiger partial charge in [0.1, 0.15) is 5.82 Å². The molecule has 0 bridgehead atoms. The van der Waals surface area contributed by atoms with Crippen LogP contribution in [0.1, 0.15) is 51.7 Å². The zero-order chi connectivity index (χ0) is 24.5. The van der Waals surface area contributed by atoms with Crippen molar-refractivity contribution in [3.05, 3.63) is 101 Å². The Morgan fingerprint density at radius 3 is 2.20 bits per heavy atom. The fourth-order valence-corrected chi connectivity index (χ4v) is 6.03. The molecule has 1 aliphatic carbocycles. The van der Waals surface area contributed by atoms with Crippen LogP contribution in [0.25, 0.3) is 38.6 Å². The summed E-state index contributed by atoms with van der Waals surface area (Å²) >= 11 is 6.39. The van der Waals surface area contributed by atoms with E-state index in [2.05, 4.69) is 68.7 Å². The van der Waals surface area contributed by atoms with Crippen molar-refractivity contribution in [3.8, 4) is 16.8 Å². The van der Waals surface area contributed by atoms with Crippen molar-refractivity contribution < 1.29 is 4.39 Å². The van der Waals surface area contributed by atoms with Crippen molar-refractivity contribution in [1.29, 1.82) is 0 Å². The lowest BCUT2D eigenvalue weighted by Gasteiger charge is -2.42. The molecule has 5 aromatic rings. The molecule has 0 fully saturated rings. The van der Waals surface area contributed by atoms with Crippen LogP contribution in [0.5, 0.6) is 0 Å². The molecule has 0 N–H and O–H groups in total. The molecular formula is C32H29ClFN. The van der Waals surface area contributed by atoms with Gasteiger partial charge in [0, 0.05) is 21.5 Å². The van der Waals surface area contributed by atoms with Gasteiger partial charge in [0.05, 0.1) is 11.0 Å². The highest BCUT2D eigenvalue weighted by Crippen LogP contribution is 2.47. The Bertz CT molecular complexity index is 1620. The predicted molar refractivity (Wildman–Crippen MR) is 146 cm³/mol. The summed E-state index contributed by atoms with van der Waals surface area (Å²) in [7, 11) is 0. The lowest BCUT2D eigenvalue weighted by molar-refractivity contribution is 0.332. The lowest BCUT2D eigenvalue weighted by atomic mass is 9.63. The Kier molecular flexibility index (Phi) is 4.92. The molecule has 0 spiro atoms. The number of fused-ring (bicyclic) bond motifs is 4. The zero-order valence-electron chi connectivity index (χ0n) is 20.6. The van der Waals surface area contributed by atoms with Crippen LogP contribution in [0.2, 0.25) is 5.02 Å². The van der Waals surface area contributed by atoms with Gasteiger partial charge in [0.2, 0.25) is 0 Å². The van der Waals surface area contributed by atoms with Gasteiger partial charge in [0.25, 0.3) is 0 Å². The summed E-state index contributed by atoms with van der Waals surface area (Å²) in [4.78, 5) is 0. The highest BCUT2D eigenvalue weighted by molar-refractivity contribution is 6.31. The molecule has 0 saturated heterocycles. The number of nitrogens with zero attached hydrogens (tertiary/aromatic N) is 1. The van der Waals surface area contributed by atoms with Crippen molar-refractivity contribution in [2.24, 2.45) is 0 Å². The molecular weight excluding hydrogens is 453 g/mol. The first-order chi connectivity index (χ1) is 16.6. The average molecular weight is 482 g/mol. The van der Waals surface area contributed by atoms with Crippen molar-refractivity contribution in [2.45, 2.75) is 51.4 Å². The van der Waals surface area contributed by atoms with Crippen LogP contribution in [0.15, 0.2) is 78.9 Å². The molecule has 1 heterocycles. The summed E-state index contributed by atoms with van der Waals surface area (Å²) in [6.45, 7) is 9.30. The summed E-state index contributed by atoms with van der Waals surface area (Å²) in [5.74, 6) is -0.247. The van der Waals surface area contributed by atoms with Crippen LogP contribution in [-0.4, -0.2) is 4.57 Å². The highest BCUT2D eigenvalue weighted by Gasteiger charge is 2.37. The van der Waals surface area contributed by atoms with E-state index in [0.717, 1.165) is 45.0 Å². The third-order valence-electron chi connectivity index (χ3n) is 7.96. The van der Waals surface area contributed by atoms with Crippen LogP contribution in [0.3, 0.4) is 0 Å². The van der Waals surface area contributed by atoms with Crippen LogP contribution in [0, 0.1) is 5.82 Å². The molecule has 35 heavy (non-hydrogen) atoms. The minimum atomic E-state index is -0.247. The molecule has 3 heteroatoms. The standard InChI is InChI=1S/C32H29ClFN/c1-31(2)13-14-32(3,4)28-17-20(9-12-27(28)31)21-15-23(34)19-24(16-21)35-29-8-6-5-7-25(29)26-11-10-22(33)18-30(26)35/h5-12,15-19H,13-14H2,1-4H3. The van der Waals surface area contributed by atoms with Crippen molar-refractivity contribution in [2.75, 3.05) is 0 Å². The topological polar surface area (TPSA) is 4.93 Å². The first kappa shape index (κ1) is 22.4. The second kappa shape index (κ2) is 7.70. The van der Waals surface area contributed by atoms with Crippen molar-refractivity contribution in [3.63, 3.8) is 0 Å². The number of benzene rings is 4. The predicted octanol–water partition coefficient (Wildman–Crippen LogP) is 9.59. The maximum Gasteiger partial charge on any atom is 0.125 e. The number of hydrogen-bond acceptors (Lipinski definition) is 0. The smallest absolute Gasteiger partial charge is 0.125 e. The fourth-order valence-electron chi connectivity index (χ4n) is 5.86. The van der Waals surface area contributed by atoms with E-state index in [4.69, 9.17) is 11.6 Å². The van der Waals surface area contributed by atoms with Gasteiger partial charge in [-0.05, 0) is 82.3 Å². The minimum absolute atomic E-state index is 0.0978. The van der Waals surface area contributed by atoms with E-state index in [1.165, 1.54) is 17.5 Å². The van der Waals surface area contributed by atoms with Crippen molar-refractivity contribution >= 4 is 33.4 Å². The Labute approximate surface area is 211 Å². The molecule has 0 unspecified atom stereocenters. The van der Waals surface area contributed by atoms with E-state index in [0.29, 0.717) is 5.02 Å². The van der Waals surface area contributed by atoms with E-state index < -0.39 is 0 Å². The number of aromatic nitrogens is 1. The Hall–Kier alpha value is -3.10. The van der Waals surface area contributed by atoms with E-state index in [9.17, 15) is 0 Å². The normalized spacial score (nSPS) is 16.5. The SMILES string of the molecule is CC1(C)CCC(C)(C)c2cc(-c3cc(F)cc(-n4c5ccccc5c5ccc(Cl)cc54)c3)ccc21. The number of hydrogen-bond donors (Lipinski definition) is 0. The Morgan fingerprint density at radius 1 is 0.686 bits per heavy atom. The summed E-state index contributed by atoms with van der Waals surface area (Å²) < 4.78 is 17.3. The first-order valence-corrected chi connectivity index (χ1v) is 12.7. The second-order valence-corrected chi connectivity index (χ2v) is 11.7. The van der Waals surface area contributed by atoms with Crippen molar-refractivity contribution in [1.82, 2.24) is 4.57 Å². The molecule has 1 aliphatic rings. The van der Waals surface area contributed by atoms with E-state index in [1.807, 2.05) is 30.3 Å². The van der Waals surface area contributed by atoms with Crippen LogP contribution in [-0.2, 0) is 10.8 Å². The fraction of sp³-hybridized carbons (Fsp3) is 0.250. The van der Waals surface area contributed by atoms with Gasteiger partial charge >= 0.3 is 0 Å². The molecule has 176 valence electrons. The Balaban J connectivity index is 1.58. The van der Waals surface area contributed by atoms with Gasteiger partial charge < -0.3 is 4.57 Å². The molecule has 0 saturated carbocycles. The quantitative estimate of drug-likeness (QED) is 0.236. The molecule has 0 atom stereocenters. The summed E-state index contributed by atoms with van der Waals surface area (Å²) in [6.07, 6.45) is 2.32. The van der Waals surface area contributed by atoms with E-state index in [-0.39, 0.29) is 16.6 Å². The van der Waals surface area contributed by atoms with Gasteiger partial charge in [-0.3, -0.25) is 0 Å². The average Bonchev–Trinajstić information content (AvgIpc) is 3.15. The maximum atomic E-state index is 15.2. The van der Waals surface area contributed by atoms with Crippen LogP contribution >= 0.6 is 11.6 Å². The van der Waals surface area contributed by atoms with E-state index in [1.54, 1.807) is 12.1 Å². The molecule has 0 radical (unpaired) electrons. The number of halogens is 2. The second-order valence-electron chi connectivity index (χ2n) is 11.2. The Morgan fingerprint density at radius 2 is 1.40 bits per heavy atom. The third kappa shape index (κ3) is 3.58. The van der Waals surface area contributed by atoms with Gasteiger partial charge in [-0.25, -0.2) is 4.39 Å². The minimum Gasteiger partial charge on any atom is -0.309 e. The molecule has 4 aromatic carbocycles. The number of rotatable bonds is 2. The van der Waals surface area contributed by atoms with Gasteiger partial charge in [-0.1, -0.05) is 81.8 Å². The van der Waals surface area contributed by atoms with Gasteiger partial charge in [0.15, 0.2) is 0 Å². The highest BCUT2D eigenvalue weighted by atomic mass is 35.5. The zero-order valence-corrected chi connectivity index (χ0v) is 21.4. The summed E-state index contributed by atoms with van der Waals surface area (Å²) in [6, 6.07) is 26.2. The molecule has 6 rings (SSSR count). The van der Waals surface area contributed by atoms with Gasteiger partial charge in [-0.2, -0.15) is 0 Å². The summed E-state index contributed by atoms with van der Waals surface area (Å²) in [5.41, 5.74) is 7.78. The first-order valence-electron chi connectivity index (χ1n) is 12.3. The number of para-hydroxylation sites is 1. The molecule has 1 nitrogen and oxygen atoms in total. The lowest BCUT2D eigenvalue weighted by Crippen LogP contribution is -2.33. The van der Waals surface area contributed by atoms with E-state index >= 15 is 4.39 Å². The largest absolute Gasteiger partial charge is 0.309 e. The molecule has 0 aliphatic heterocycles. The van der Waals surface area contributed by atoms with Crippen LogP contribution in [0.4, 0.5) is 4.39 Å².